The Labute approximate surface area is 128 Å². The fraction of sp³-hybridized carbons (Fsp3) is 0.500. The largest absolute Gasteiger partial charge is 0.480 e. The van der Waals surface area contributed by atoms with Gasteiger partial charge < -0.3 is 10.0 Å². The number of carboxylic acid groups (broad SMARTS) is 1. The summed E-state index contributed by atoms with van der Waals surface area (Å²) < 4.78 is 0. The molecule has 21 heavy (non-hydrogen) atoms. The lowest BCUT2D eigenvalue weighted by atomic mass is 9.84. The molecule has 0 radical (unpaired) electrons. The fourth-order valence-electron chi connectivity index (χ4n) is 3.74. The van der Waals surface area contributed by atoms with Crippen LogP contribution in [0.4, 0.5) is 0 Å². The first-order valence-corrected chi connectivity index (χ1v) is 7.77. The lowest BCUT2D eigenvalue weighted by Gasteiger charge is -2.33. The molecular formula is C16H18ClNO3. The summed E-state index contributed by atoms with van der Waals surface area (Å²) in [6.45, 7) is 0. The first-order valence-electron chi connectivity index (χ1n) is 7.39. The second-order valence-corrected chi connectivity index (χ2v) is 6.36. The summed E-state index contributed by atoms with van der Waals surface area (Å²) in [6.07, 6.45) is 4.69. The van der Waals surface area contributed by atoms with Crippen molar-refractivity contribution in [3.05, 3.63) is 34.9 Å². The Morgan fingerprint density at radius 1 is 1.24 bits per heavy atom. The smallest absolute Gasteiger partial charge is 0.326 e. The van der Waals surface area contributed by atoms with Crippen molar-refractivity contribution in [1.29, 1.82) is 0 Å². The number of benzene rings is 1. The number of carbonyl (C=O) groups excluding carboxylic acids is 1. The molecule has 1 aromatic rings. The van der Waals surface area contributed by atoms with Crippen LogP contribution in [0.25, 0.3) is 0 Å². The number of carboxylic acids is 1. The van der Waals surface area contributed by atoms with Gasteiger partial charge in [0, 0.05) is 16.6 Å². The maximum absolute atomic E-state index is 12.8. The van der Waals surface area contributed by atoms with Gasteiger partial charge in [-0.05, 0) is 43.4 Å². The minimum atomic E-state index is -0.903. The zero-order chi connectivity index (χ0) is 15.0. The molecule has 0 unspecified atom stereocenters. The number of carbonyl (C=O) groups is 2. The molecule has 1 saturated heterocycles. The monoisotopic (exact) mass is 307 g/mol. The zero-order valence-electron chi connectivity index (χ0n) is 11.7. The summed E-state index contributed by atoms with van der Waals surface area (Å²) in [4.78, 5) is 25.9. The number of amides is 1. The molecule has 1 aromatic carbocycles. The first kappa shape index (κ1) is 14.4. The van der Waals surface area contributed by atoms with Gasteiger partial charge in [-0.3, -0.25) is 4.79 Å². The van der Waals surface area contributed by atoms with Crippen LogP contribution in [0.15, 0.2) is 24.3 Å². The minimum absolute atomic E-state index is 0.0614. The van der Waals surface area contributed by atoms with E-state index in [2.05, 4.69) is 0 Å². The molecule has 1 N–H and O–H groups in total. The van der Waals surface area contributed by atoms with Gasteiger partial charge in [0.25, 0.3) is 5.91 Å². The number of fused-ring (bicyclic) bond motifs is 1. The summed E-state index contributed by atoms with van der Waals surface area (Å²) >= 11 is 5.94. The van der Waals surface area contributed by atoms with Crippen molar-refractivity contribution in [1.82, 2.24) is 4.90 Å². The lowest BCUT2D eigenvalue weighted by Crippen LogP contribution is -2.46. The van der Waals surface area contributed by atoms with Crippen LogP contribution >= 0.6 is 11.6 Å². The third kappa shape index (κ3) is 2.64. The number of nitrogens with zero attached hydrogens (tertiary/aromatic N) is 1. The van der Waals surface area contributed by atoms with Crippen molar-refractivity contribution >= 4 is 23.5 Å². The van der Waals surface area contributed by atoms with Gasteiger partial charge in [0.1, 0.15) is 6.04 Å². The highest BCUT2D eigenvalue weighted by Gasteiger charge is 2.47. The summed E-state index contributed by atoms with van der Waals surface area (Å²) in [7, 11) is 0. The summed E-state index contributed by atoms with van der Waals surface area (Å²) in [6, 6.07) is 6.10. The normalized spacial score (nSPS) is 28.2. The highest BCUT2D eigenvalue weighted by molar-refractivity contribution is 6.31. The van der Waals surface area contributed by atoms with Gasteiger partial charge in [-0.1, -0.05) is 30.5 Å². The van der Waals surface area contributed by atoms with E-state index in [1.54, 1.807) is 29.2 Å². The maximum atomic E-state index is 12.8. The van der Waals surface area contributed by atoms with Gasteiger partial charge in [0.05, 0.1) is 0 Å². The zero-order valence-corrected chi connectivity index (χ0v) is 12.4. The lowest BCUT2D eigenvalue weighted by molar-refractivity contribution is -0.141. The molecule has 4 nitrogen and oxygen atoms in total. The van der Waals surface area contributed by atoms with Crippen molar-refractivity contribution in [2.45, 2.75) is 44.2 Å². The van der Waals surface area contributed by atoms with Gasteiger partial charge in [-0.15, -0.1) is 0 Å². The topological polar surface area (TPSA) is 57.6 Å². The highest BCUT2D eigenvalue weighted by atomic mass is 35.5. The van der Waals surface area contributed by atoms with Crippen LogP contribution in [-0.2, 0) is 4.79 Å². The van der Waals surface area contributed by atoms with Crippen LogP contribution in [0.1, 0.15) is 42.5 Å². The number of hydrogen-bond donors (Lipinski definition) is 1. The number of hydrogen-bond acceptors (Lipinski definition) is 2. The third-order valence-electron chi connectivity index (χ3n) is 4.68. The molecule has 2 aliphatic rings. The summed E-state index contributed by atoms with van der Waals surface area (Å²) in [5, 5.41) is 9.95. The SMILES string of the molecule is O=C(O)[C@@H]1C[C@@H]2CCCC[C@H]2N1C(=O)c1cccc(Cl)c1. The first-order chi connectivity index (χ1) is 10.1. The van der Waals surface area contributed by atoms with Crippen LogP contribution in [-0.4, -0.2) is 34.0 Å². The highest BCUT2D eigenvalue weighted by Crippen LogP contribution is 2.40. The standard InChI is InChI=1S/C16H18ClNO3/c17-12-6-3-5-11(8-12)15(19)18-13-7-2-1-4-10(13)9-14(18)16(20)21/h3,5-6,8,10,13-14H,1-2,4,7,9H2,(H,20,21)/t10-,13+,14-/m0/s1. The molecule has 0 spiro atoms. The van der Waals surface area contributed by atoms with Gasteiger partial charge in [0.2, 0.25) is 0 Å². The van der Waals surface area contributed by atoms with E-state index in [0.29, 0.717) is 22.9 Å². The molecule has 0 aromatic heterocycles. The van der Waals surface area contributed by atoms with Gasteiger partial charge in [-0.2, -0.15) is 0 Å². The van der Waals surface area contributed by atoms with E-state index in [0.717, 1.165) is 25.7 Å². The molecule has 1 amide bonds. The summed E-state index contributed by atoms with van der Waals surface area (Å²) in [5.74, 6) is -0.790. The Kier molecular flexibility index (Phi) is 3.89. The third-order valence-corrected chi connectivity index (χ3v) is 4.91. The minimum Gasteiger partial charge on any atom is -0.480 e. The molecule has 1 heterocycles. The molecular weight excluding hydrogens is 290 g/mol. The van der Waals surface area contributed by atoms with Crippen LogP contribution in [0.3, 0.4) is 0 Å². The van der Waals surface area contributed by atoms with E-state index >= 15 is 0 Å². The van der Waals surface area contributed by atoms with E-state index in [1.807, 2.05) is 0 Å². The van der Waals surface area contributed by atoms with Crippen molar-refractivity contribution in [3.63, 3.8) is 0 Å². The van der Waals surface area contributed by atoms with Crippen molar-refractivity contribution in [2.24, 2.45) is 5.92 Å². The Bertz CT molecular complexity index is 574. The number of aliphatic carboxylic acids is 1. The molecule has 5 heteroatoms. The predicted octanol–water partition coefficient (Wildman–Crippen LogP) is 3.20. The van der Waals surface area contributed by atoms with Crippen molar-refractivity contribution in [2.75, 3.05) is 0 Å². The molecule has 3 atom stereocenters. The second-order valence-electron chi connectivity index (χ2n) is 5.92. The van der Waals surface area contributed by atoms with E-state index < -0.39 is 12.0 Å². The van der Waals surface area contributed by atoms with E-state index in [-0.39, 0.29) is 11.9 Å². The Hall–Kier alpha value is -1.55. The van der Waals surface area contributed by atoms with E-state index in [1.165, 1.54) is 0 Å². The number of likely N-dealkylation sites (tertiary alicyclic amines) is 1. The fourth-order valence-corrected chi connectivity index (χ4v) is 3.93. The van der Waals surface area contributed by atoms with Gasteiger partial charge >= 0.3 is 5.97 Å². The van der Waals surface area contributed by atoms with E-state index in [4.69, 9.17) is 11.6 Å². The quantitative estimate of drug-likeness (QED) is 0.913. The van der Waals surface area contributed by atoms with Crippen LogP contribution < -0.4 is 0 Å². The molecule has 1 saturated carbocycles. The Balaban J connectivity index is 1.92. The van der Waals surface area contributed by atoms with Crippen LogP contribution in [0.5, 0.6) is 0 Å². The maximum Gasteiger partial charge on any atom is 0.326 e. The number of halogens is 1. The molecule has 2 fully saturated rings. The van der Waals surface area contributed by atoms with Crippen molar-refractivity contribution < 1.29 is 14.7 Å². The predicted molar refractivity (Wildman–Crippen MR) is 79.4 cm³/mol. The van der Waals surface area contributed by atoms with Gasteiger partial charge in [0.15, 0.2) is 0 Å². The molecule has 112 valence electrons. The Morgan fingerprint density at radius 2 is 2.00 bits per heavy atom. The average molecular weight is 308 g/mol. The Morgan fingerprint density at radius 3 is 2.71 bits per heavy atom. The van der Waals surface area contributed by atoms with E-state index in [9.17, 15) is 14.7 Å². The second kappa shape index (κ2) is 5.68. The molecule has 3 rings (SSSR count). The van der Waals surface area contributed by atoms with Crippen LogP contribution in [0.2, 0.25) is 5.02 Å². The summed E-state index contributed by atoms with van der Waals surface area (Å²) in [5.41, 5.74) is 0.472. The molecule has 1 aliphatic heterocycles. The number of rotatable bonds is 2. The van der Waals surface area contributed by atoms with Crippen molar-refractivity contribution in [3.8, 4) is 0 Å². The molecule has 1 aliphatic carbocycles. The average Bonchev–Trinajstić information content (AvgIpc) is 2.86. The van der Waals surface area contributed by atoms with Gasteiger partial charge in [-0.25, -0.2) is 4.79 Å². The van der Waals surface area contributed by atoms with Crippen LogP contribution in [0, 0.1) is 5.92 Å². The molecule has 0 bridgehead atoms.